The summed E-state index contributed by atoms with van der Waals surface area (Å²) in [6.45, 7) is 0.507. The monoisotopic (exact) mass is 297 g/mol. The molecule has 1 fully saturated rings. The van der Waals surface area contributed by atoms with E-state index in [2.05, 4.69) is 10.0 Å². The molecule has 6 nitrogen and oxygen atoms in total. The lowest BCUT2D eigenvalue weighted by Gasteiger charge is -2.40. The van der Waals surface area contributed by atoms with Gasteiger partial charge in [-0.15, -0.1) is 0 Å². The zero-order valence-electron chi connectivity index (χ0n) is 11.0. The van der Waals surface area contributed by atoms with Crippen molar-refractivity contribution < 1.29 is 23.4 Å². The molecule has 0 aromatic heterocycles. The summed E-state index contributed by atoms with van der Waals surface area (Å²) in [7, 11) is 0. The highest BCUT2D eigenvalue weighted by Crippen LogP contribution is 2.40. The largest absolute Gasteiger partial charge is 0.481 e. The normalized spacial score (nSPS) is 18.6. The molecule has 1 aromatic carbocycles. The van der Waals surface area contributed by atoms with Crippen LogP contribution in [0.4, 0.5) is 8.78 Å². The van der Waals surface area contributed by atoms with Gasteiger partial charge in [-0.3, -0.25) is 4.79 Å². The van der Waals surface area contributed by atoms with Crippen molar-refractivity contribution in [3.05, 3.63) is 45.8 Å². The number of carboxylic acids is 1. The summed E-state index contributed by atoms with van der Waals surface area (Å²) >= 11 is 0. The van der Waals surface area contributed by atoms with Gasteiger partial charge in [0.2, 0.25) is 0 Å². The molecule has 112 valence electrons. The van der Waals surface area contributed by atoms with Gasteiger partial charge >= 0.3 is 5.97 Å². The lowest BCUT2D eigenvalue weighted by atomic mass is 9.69. The van der Waals surface area contributed by atoms with Crippen molar-refractivity contribution in [2.24, 2.45) is 5.11 Å². The zero-order valence-corrected chi connectivity index (χ0v) is 11.0. The summed E-state index contributed by atoms with van der Waals surface area (Å²) < 4.78 is 31.8. The predicted molar refractivity (Wildman–Crippen MR) is 68.7 cm³/mol. The summed E-state index contributed by atoms with van der Waals surface area (Å²) in [5.41, 5.74) is 7.80. The molecule has 1 aromatic rings. The van der Waals surface area contributed by atoms with Crippen molar-refractivity contribution in [3.8, 4) is 0 Å². The van der Waals surface area contributed by atoms with Gasteiger partial charge in [0.1, 0.15) is 6.04 Å². The molecule has 8 heteroatoms. The van der Waals surface area contributed by atoms with Gasteiger partial charge in [-0.1, -0.05) is 11.2 Å². The first kappa shape index (κ1) is 15.2. The summed E-state index contributed by atoms with van der Waals surface area (Å²) in [4.78, 5) is 14.0. The standard InChI is InChI=1S/C13H13F2N3O3/c14-9-2-1-8(7-10(9)15)13(3-5-21-6-4-13)11(12(19)20)17-18-16/h1-2,7,11H,3-6H2,(H,19,20)/t11-/m1/s1. The molecule has 1 aliphatic heterocycles. The van der Waals surface area contributed by atoms with E-state index in [4.69, 9.17) is 10.3 Å². The number of carboxylic acid groups (broad SMARTS) is 1. The van der Waals surface area contributed by atoms with Gasteiger partial charge in [0, 0.05) is 23.5 Å². The maximum absolute atomic E-state index is 13.5. The Morgan fingerprint density at radius 3 is 2.57 bits per heavy atom. The topological polar surface area (TPSA) is 95.3 Å². The van der Waals surface area contributed by atoms with Gasteiger partial charge in [0.25, 0.3) is 0 Å². The van der Waals surface area contributed by atoms with Crippen LogP contribution in [0.3, 0.4) is 0 Å². The van der Waals surface area contributed by atoms with Crippen LogP contribution < -0.4 is 0 Å². The second-order valence-corrected chi connectivity index (χ2v) is 4.84. The summed E-state index contributed by atoms with van der Waals surface area (Å²) in [5.74, 6) is -3.39. The number of hydrogen-bond acceptors (Lipinski definition) is 3. The molecule has 1 aliphatic rings. The van der Waals surface area contributed by atoms with Crippen LogP contribution >= 0.6 is 0 Å². The quantitative estimate of drug-likeness (QED) is 0.526. The Hall–Kier alpha value is -2.18. The fraction of sp³-hybridized carbons (Fsp3) is 0.462. The molecule has 21 heavy (non-hydrogen) atoms. The van der Waals surface area contributed by atoms with Crippen LogP contribution in [0.5, 0.6) is 0 Å². The molecule has 1 saturated heterocycles. The van der Waals surface area contributed by atoms with Gasteiger partial charge in [0.05, 0.1) is 0 Å². The fourth-order valence-electron chi connectivity index (χ4n) is 2.71. The molecule has 0 bridgehead atoms. The average Bonchev–Trinajstić information content (AvgIpc) is 2.48. The number of ether oxygens (including phenoxy) is 1. The number of carbonyl (C=O) groups is 1. The van der Waals surface area contributed by atoms with Crippen molar-refractivity contribution in [1.29, 1.82) is 0 Å². The number of rotatable bonds is 4. The highest BCUT2D eigenvalue weighted by molar-refractivity contribution is 5.76. The van der Waals surface area contributed by atoms with Crippen molar-refractivity contribution in [3.63, 3.8) is 0 Å². The van der Waals surface area contributed by atoms with Gasteiger partial charge in [-0.05, 0) is 36.1 Å². The maximum Gasteiger partial charge on any atom is 0.313 e. The number of halogens is 2. The summed E-state index contributed by atoms with van der Waals surface area (Å²) in [5, 5.41) is 12.7. The first-order valence-corrected chi connectivity index (χ1v) is 6.31. The smallest absolute Gasteiger partial charge is 0.313 e. The SMILES string of the molecule is [N-]=[N+]=N[C@H](C(=O)O)C1(c2ccc(F)c(F)c2)CCOCC1. The number of azide groups is 1. The molecule has 1 atom stereocenters. The lowest BCUT2D eigenvalue weighted by molar-refractivity contribution is -0.141. The van der Waals surface area contributed by atoms with Crippen LogP contribution in [0.25, 0.3) is 10.4 Å². The molecule has 0 spiro atoms. The molecule has 0 saturated carbocycles. The minimum absolute atomic E-state index is 0.244. The number of hydrogen-bond donors (Lipinski definition) is 1. The van der Waals surface area contributed by atoms with E-state index in [1.807, 2.05) is 0 Å². The second kappa shape index (κ2) is 6.07. The Kier molecular flexibility index (Phi) is 4.40. The van der Waals surface area contributed by atoms with E-state index in [-0.39, 0.29) is 26.1 Å². The summed E-state index contributed by atoms with van der Waals surface area (Å²) in [6, 6.07) is 1.82. The Labute approximate surface area is 119 Å². The van der Waals surface area contributed by atoms with E-state index >= 15 is 0 Å². The molecule has 0 amide bonds. The highest BCUT2D eigenvalue weighted by atomic mass is 19.2. The van der Waals surface area contributed by atoms with E-state index < -0.39 is 29.1 Å². The van der Waals surface area contributed by atoms with Crippen LogP contribution in [-0.4, -0.2) is 30.3 Å². The Bertz CT molecular complexity index is 594. The van der Waals surface area contributed by atoms with E-state index in [9.17, 15) is 18.7 Å². The van der Waals surface area contributed by atoms with Crippen molar-refractivity contribution in [2.75, 3.05) is 13.2 Å². The second-order valence-electron chi connectivity index (χ2n) is 4.84. The molecule has 0 unspecified atom stereocenters. The molecule has 1 heterocycles. The van der Waals surface area contributed by atoms with Crippen LogP contribution in [0, 0.1) is 11.6 Å². The van der Waals surface area contributed by atoms with Crippen LogP contribution in [0.15, 0.2) is 23.3 Å². The third-order valence-electron chi connectivity index (χ3n) is 3.80. The van der Waals surface area contributed by atoms with Crippen molar-refractivity contribution in [2.45, 2.75) is 24.3 Å². The minimum Gasteiger partial charge on any atom is -0.481 e. The van der Waals surface area contributed by atoms with Crippen molar-refractivity contribution in [1.82, 2.24) is 0 Å². The van der Waals surface area contributed by atoms with Gasteiger partial charge in [0.15, 0.2) is 11.6 Å². The van der Waals surface area contributed by atoms with Crippen molar-refractivity contribution >= 4 is 5.97 Å². The Balaban J connectivity index is 2.57. The Morgan fingerprint density at radius 1 is 1.38 bits per heavy atom. The molecular formula is C13H13F2N3O3. The minimum atomic E-state index is -1.41. The van der Waals surface area contributed by atoms with E-state index in [0.29, 0.717) is 5.56 Å². The molecule has 0 aliphatic carbocycles. The first-order valence-electron chi connectivity index (χ1n) is 6.31. The fourth-order valence-corrected chi connectivity index (χ4v) is 2.71. The molecule has 2 rings (SSSR count). The average molecular weight is 297 g/mol. The van der Waals surface area contributed by atoms with Crippen LogP contribution in [-0.2, 0) is 14.9 Å². The van der Waals surface area contributed by atoms with Gasteiger partial charge < -0.3 is 9.84 Å². The highest BCUT2D eigenvalue weighted by Gasteiger charge is 2.45. The van der Waals surface area contributed by atoms with E-state index in [1.54, 1.807) is 0 Å². The first-order chi connectivity index (χ1) is 10.0. The van der Waals surface area contributed by atoms with E-state index in [0.717, 1.165) is 12.1 Å². The third-order valence-corrected chi connectivity index (χ3v) is 3.80. The number of benzene rings is 1. The summed E-state index contributed by atoms with van der Waals surface area (Å²) in [6.07, 6.45) is 0.488. The third kappa shape index (κ3) is 2.81. The predicted octanol–water partition coefficient (Wildman–Crippen LogP) is 2.78. The van der Waals surface area contributed by atoms with Gasteiger partial charge in [-0.2, -0.15) is 0 Å². The molecule has 1 N–H and O–H groups in total. The maximum atomic E-state index is 13.5. The number of nitrogens with zero attached hydrogens (tertiary/aromatic N) is 3. The molecule has 0 radical (unpaired) electrons. The molecular weight excluding hydrogens is 284 g/mol. The van der Waals surface area contributed by atoms with Crippen LogP contribution in [0.2, 0.25) is 0 Å². The Morgan fingerprint density at radius 2 is 2.05 bits per heavy atom. The zero-order chi connectivity index (χ0) is 15.5. The lowest BCUT2D eigenvalue weighted by Crippen LogP contribution is -2.47. The van der Waals surface area contributed by atoms with Gasteiger partial charge in [-0.25, -0.2) is 8.78 Å². The number of aliphatic carboxylic acids is 1. The van der Waals surface area contributed by atoms with Crippen LogP contribution in [0.1, 0.15) is 18.4 Å². The van der Waals surface area contributed by atoms with E-state index in [1.165, 1.54) is 6.07 Å².